The summed E-state index contributed by atoms with van der Waals surface area (Å²) in [7, 11) is 0. The summed E-state index contributed by atoms with van der Waals surface area (Å²) in [5, 5.41) is 0. The van der Waals surface area contributed by atoms with Crippen LogP contribution in [0.5, 0.6) is 0 Å². The monoisotopic (exact) mass is 86.1 g/mol. The third-order valence-corrected chi connectivity index (χ3v) is 0.408. The van der Waals surface area contributed by atoms with Gasteiger partial charge in [0.25, 0.3) is 0 Å². The Kier molecular flexibility index (Phi) is 7.20. The maximum absolute atomic E-state index is 3.52. The molecular formula is C5H12N. The molecule has 0 bridgehead atoms. The highest BCUT2D eigenvalue weighted by Crippen LogP contribution is 1.82. The van der Waals surface area contributed by atoms with Crippen molar-refractivity contribution in [3.05, 3.63) is 18.6 Å². The van der Waals surface area contributed by atoms with Crippen molar-refractivity contribution in [1.29, 1.82) is 0 Å². The average Bonchev–Trinajstić information content (AvgIpc) is 1.38. The molecule has 0 amide bonds. The fourth-order valence-electron chi connectivity index (χ4n) is 0. The van der Waals surface area contributed by atoms with Gasteiger partial charge in [0.2, 0.25) is 0 Å². The number of allylic oxidation sites excluding steroid dienone is 2. The Balaban J connectivity index is 0. The molecule has 1 nitrogen and oxygen atoms in total. The first kappa shape index (κ1) is 9.20. The lowest BCUT2D eigenvalue weighted by molar-refractivity contribution is 1.39. The van der Waals surface area contributed by atoms with Crippen LogP contribution in [-0.4, -0.2) is 0 Å². The number of hydrogen-bond acceptors (Lipinski definition) is 1. The third-order valence-electron chi connectivity index (χ3n) is 0.408. The summed E-state index contributed by atoms with van der Waals surface area (Å²) in [6.45, 7) is 7.56. The first-order valence-corrected chi connectivity index (χ1v) is 1.70. The quantitative estimate of drug-likeness (QED) is 0.480. The fraction of sp³-hybridized carbons (Fsp3) is 0.400. The molecule has 0 aliphatic rings. The Bertz CT molecular complexity index is 41.9. The zero-order chi connectivity index (χ0) is 4.28. The Morgan fingerprint density at radius 1 is 1.50 bits per heavy atom. The summed E-state index contributed by atoms with van der Waals surface area (Å²) >= 11 is 0. The van der Waals surface area contributed by atoms with Gasteiger partial charge in [-0.3, -0.25) is 0 Å². The SMILES string of the molecule is N.[CH2]C=C(C)C. The van der Waals surface area contributed by atoms with Crippen molar-refractivity contribution in [2.45, 2.75) is 13.8 Å². The van der Waals surface area contributed by atoms with E-state index in [1.54, 1.807) is 0 Å². The highest BCUT2D eigenvalue weighted by molar-refractivity contribution is 4.94. The minimum atomic E-state index is 0. The van der Waals surface area contributed by atoms with E-state index < -0.39 is 0 Å². The molecular weight excluding hydrogens is 74.1 g/mol. The van der Waals surface area contributed by atoms with Crippen LogP contribution in [-0.2, 0) is 0 Å². The van der Waals surface area contributed by atoms with E-state index in [4.69, 9.17) is 0 Å². The van der Waals surface area contributed by atoms with Crippen molar-refractivity contribution in [3.8, 4) is 0 Å². The van der Waals surface area contributed by atoms with Crippen LogP contribution in [0, 0.1) is 6.92 Å². The predicted molar refractivity (Wildman–Crippen MR) is 29.8 cm³/mol. The molecule has 0 saturated heterocycles. The van der Waals surface area contributed by atoms with Crippen molar-refractivity contribution in [2.24, 2.45) is 0 Å². The van der Waals surface area contributed by atoms with E-state index in [0.29, 0.717) is 0 Å². The van der Waals surface area contributed by atoms with Crippen molar-refractivity contribution in [3.63, 3.8) is 0 Å². The van der Waals surface area contributed by atoms with E-state index in [2.05, 4.69) is 6.92 Å². The summed E-state index contributed by atoms with van der Waals surface area (Å²) in [4.78, 5) is 0. The Morgan fingerprint density at radius 3 is 1.67 bits per heavy atom. The molecule has 0 fully saturated rings. The maximum atomic E-state index is 3.52. The summed E-state index contributed by atoms with van der Waals surface area (Å²) in [6.07, 6.45) is 1.83. The molecule has 1 radical (unpaired) electrons. The molecule has 0 aromatic carbocycles. The lowest BCUT2D eigenvalue weighted by atomic mass is 10.3. The number of hydrogen-bond donors (Lipinski definition) is 1. The van der Waals surface area contributed by atoms with Crippen LogP contribution in [0.1, 0.15) is 13.8 Å². The van der Waals surface area contributed by atoms with Gasteiger partial charge in [-0.25, -0.2) is 0 Å². The zero-order valence-electron chi connectivity index (χ0n) is 4.49. The molecule has 0 saturated carbocycles. The maximum Gasteiger partial charge on any atom is -0.0313 e. The second-order valence-electron chi connectivity index (χ2n) is 1.28. The first-order valence-electron chi connectivity index (χ1n) is 1.70. The molecule has 0 atom stereocenters. The highest BCUT2D eigenvalue weighted by Gasteiger charge is 1.60. The number of rotatable bonds is 0. The molecule has 0 spiro atoms. The largest absolute Gasteiger partial charge is 0.344 e. The molecule has 0 rings (SSSR count). The summed E-state index contributed by atoms with van der Waals surface area (Å²) in [5.74, 6) is 0. The Morgan fingerprint density at radius 2 is 1.67 bits per heavy atom. The van der Waals surface area contributed by atoms with Gasteiger partial charge in [0.1, 0.15) is 0 Å². The van der Waals surface area contributed by atoms with Gasteiger partial charge >= 0.3 is 0 Å². The second kappa shape index (κ2) is 4.70. The molecule has 1 heteroatoms. The van der Waals surface area contributed by atoms with Crippen molar-refractivity contribution >= 4 is 0 Å². The van der Waals surface area contributed by atoms with Gasteiger partial charge < -0.3 is 6.15 Å². The van der Waals surface area contributed by atoms with E-state index >= 15 is 0 Å². The van der Waals surface area contributed by atoms with Gasteiger partial charge in [-0.15, -0.1) is 0 Å². The van der Waals surface area contributed by atoms with Crippen LogP contribution in [0.4, 0.5) is 0 Å². The van der Waals surface area contributed by atoms with Gasteiger partial charge in [-0.05, 0) is 20.8 Å². The van der Waals surface area contributed by atoms with Gasteiger partial charge in [-0.1, -0.05) is 11.6 Å². The first-order chi connectivity index (χ1) is 2.27. The minimum absolute atomic E-state index is 0. The van der Waals surface area contributed by atoms with Crippen LogP contribution >= 0.6 is 0 Å². The lowest BCUT2D eigenvalue weighted by Crippen LogP contribution is -1.52. The summed E-state index contributed by atoms with van der Waals surface area (Å²) < 4.78 is 0. The van der Waals surface area contributed by atoms with E-state index in [-0.39, 0.29) is 6.15 Å². The summed E-state index contributed by atoms with van der Waals surface area (Å²) in [5.41, 5.74) is 1.27. The van der Waals surface area contributed by atoms with Crippen LogP contribution in [0.2, 0.25) is 0 Å². The zero-order valence-corrected chi connectivity index (χ0v) is 4.49. The highest BCUT2D eigenvalue weighted by atomic mass is 14.0. The topological polar surface area (TPSA) is 35.0 Å². The lowest BCUT2D eigenvalue weighted by Gasteiger charge is -1.73. The standard InChI is InChI=1S/C5H9.H3N/c1-4-5(2)3;/h4H,1H2,2-3H3;1H3. The van der Waals surface area contributed by atoms with Crippen LogP contribution in [0.3, 0.4) is 0 Å². The minimum Gasteiger partial charge on any atom is -0.344 e. The molecule has 0 aliphatic carbocycles. The second-order valence-corrected chi connectivity index (χ2v) is 1.28. The van der Waals surface area contributed by atoms with Gasteiger partial charge in [0.15, 0.2) is 0 Å². The van der Waals surface area contributed by atoms with Crippen LogP contribution in [0.15, 0.2) is 11.6 Å². The van der Waals surface area contributed by atoms with Gasteiger partial charge in [-0.2, -0.15) is 0 Å². The fourth-order valence-corrected chi connectivity index (χ4v) is 0. The van der Waals surface area contributed by atoms with E-state index in [9.17, 15) is 0 Å². The normalized spacial score (nSPS) is 5.83. The molecule has 37 valence electrons. The van der Waals surface area contributed by atoms with Crippen LogP contribution in [0.25, 0.3) is 0 Å². The van der Waals surface area contributed by atoms with Gasteiger partial charge in [0, 0.05) is 0 Å². The predicted octanol–water partition coefficient (Wildman–Crippen LogP) is 1.95. The third kappa shape index (κ3) is 9.33. The molecule has 0 heterocycles. The van der Waals surface area contributed by atoms with E-state index in [1.165, 1.54) is 5.57 Å². The average molecular weight is 86.2 g/mol. The van der Waals surface area contributed by atoms with E-state index in [0.717, 1.165) is 0 Å². The molecule has 0 aliphatic heterocycles. The van der Waals surface area contributed by atoms with Crippen LogP contribution < -0.4 is 6.15 Å². The summed E-state index contributed by atoms with van der Waals surface area (Å²) in [6, 6.07) is 0. The van der Waals surface area contributed by atoms with Crippen molar-refractivity contribution in [2.75, 3.05) is 0 Å². The Hall–Kier alpha value is -0.300. The molecule has 0 aromatic heterocycles. The molecule has 0 unspecified atom stereocenters. The molecule has 0 aromatic rings. The molecule has 3 N–H and O–H groups in total. The van der Waals surface area contributed by atoms with Crippen molar-refractivity contribution < 1.29 is 0 Å². The van der Waals surface area contributed by atoms with Crippen molar-refractivity contribution in [1.82, 2.24) is 6.15 Å². The molecule has 6 heavy (non-hydrogen) atoms. The Labute approximate surface area is 39.6 Å². The smallest absolute Gasteiger partial charge is 0.0313 e. The van der Waals surface area contributed by atoms with Gasteiger partial charge in [0.05, 0.1) is 0 Å². The van der Waals surface area contributed by atoms with E-state index in [1.807, 2.05) is 19.9 Å².